The second-order valence-electron chi connectivity index (χ2n) is 4.90. The molecule has 0 heterocycles. The first-order valence-electron chi connectivity index (χ1n) is 7.00. The topological polar surface area (TPSA) is 75.3 Å². The van der Waals surface area contributed by atoms with Crippen LogP contribution in [-0.4, -0.2) is 27.4 Å². The molecule has 0 aliphatic carbocycles. The lowest BCUT2D eigenvalue weighted by atomic mass is 10.1. The molecule has 0 fully saturated rings. The van der Waals surface area contributed by atoms with Gasteiger partial charge >= 0.3 is 0 Å². The number of hydrogen-bond donors (Lipinski definition) is 2. The zero-order valence-electron chi connectivity index (χ0n) is 12.5. The molecule has 2 N–H and O–H groups in total. The van der Waals surface area contributed by atoms with Gasteiger partial charge in [0.2, 0.25) is 10.0 Å². The molecule has 1 amide bonds. The summed E-state index contributed by atoms with van der Waals surface area (Å²) >= 11 is 2.13. The predicted octanol–water partition coefficient (Wildman–Crippen LogP) is 2.31. The highest BCUT2D eigenvalue weighted by atomic mass is 127. The van der Waals surface area contributed by atoms with E-state index in [1.54, 1.807) is 24.3 Å². The SMILES string of the molecule is Cc1cccc(C(=O)NCCNS(=O)(=O)c2ccccc2)c1I. The van der Waals surface area contributed by atoms with E-state index >= 15 is 0 Å². The van der Waals surface area contributed by atoms with Crippen LogP contribution >= 0.6 is 22.6 Å². The van der Waals surface area contributed by atoms with Gasteiger partial charge in [-0.15, -0.1) is 0 Å². The fourth-order valence-corrected chi connectivity index (χ4v) is 3.62. The van der Waals surface area contributed by atoms with E-state index in [4.69, 9.17) is 0 Å². The Morgan fingerprint density at radius 3 is 2.43 bits per heavy atom. The molecule has 0 aliphatic rings. The van der Waals surface area contributed by atoms with Crippen LogP contribution < -0.4 is 10.0 Å². The third-order valence-electron chi connectivity index (χ3n) is 3.19. The van der Waals surface area contributed by atoms with Gasteiger partial charge in [-0.1, -0.05) is 30.3 Å². The maximum absolute atomic E-state index is 12.1. The van der Waals surface area contributed by atoms with Gasteiger partial charge in [0.1, 0.15) is 0 Å². The van der Waals surface area contributed by atoms with Gasteiger partial charge in [-0.25, -0.2) is 13.1 Å². The summed E-state index contributed by atoms with van der Waals surface area (Å²) in [7, 11) is -3.54. The number of nitrogens with one attached hydrogen (secondary N) is 2. The number of sulfonamides is 1. The summed E-state index contributed by atoms with van der Waals surface area (Å²) in [5, 5.41) is 2.72. The summed E-state index contributed by atoms with van der Waals surface area (Å²) < 4.78 is 27.4. The lowest BCUT2D eigenvalue weighted by Crippen LogP contribution is -2.35. The maximum Gasteiger partial charge on any atom is 0.252 e. The van der Waals surface area contributed by atoms with E-state index in [1.807, 2.05) is 19.1 Å². The molecule has 0 atom stereocenters. The zero-order chi connectivity index (χ0) is 16.9. The fraction of sp³-hybridized carbons (Fsp3) is 0.188. The van der Waals surface area contributed by atoms with E-state index in [9.17, 15) is 13.2 Å². The number of benzene rings is 2. The van der Waals surface area contributed by atoms with Gasteiger partial charge in [0.15, 0.2) is 0 Å². The maximum atomic E-state index is 12.1. The molecule has 0 saturated carbocycles. The van der Waals surface area contributed by atoms with Crippen LogP contribution in [0, 0.1) is 10.5 Å². The molecule has 23 heavy (non-hydrogen) atoms. The number of carbonyl (C=O) groups is 1. The van der Waals surface area contributed by atoms with Gasteiger partial charge in [0.05, 0.1) is 10.5 Å². The van der Waals surface area contributed by atoms with Crippen LogP contribution in [0.2, 0.25) is 0 Å². The summed E-state index contributed by atoms with van der Waals surface area (Å²) in [6, 6.07) is 13.6. The second-order valence-corrected chi connectivity index (χ2v) is 7.75. The summed E-state index contributed by atoms with van der Waals surface area (Å²) in [5.74, 6) is -0.211. The monoisotopic (exact) mass is 444 g/mol. The molecule has 0 bridgehead atoms. The Kier molecular flexibility index (Phi) is 6.14. The average Bonchev–Trinajstić information content (AvgIpc) is 2.55. The number of aryl methyl sites for hydroxylation is 1. The van der Waals surface area contributed by atoms with Crippen molar-refractivity contribution in [2.75, 3.05) is 13.1 Å². The van der Waals surface area contributed by atoms with Gasteiger partial charge in [-0.2, -0.15) is 0 Å². The molecule has 0 saturated heterocycles. The first-order chi connectivity index (χ1) is 10.9. The third kappa shape index (κ3) is 4.76. The van der Waals surface area contributed by atoms with E-state index in [0.29, 0.717) is 5.56 Å². The molecule has 0 spiro atoms. The average molecular weight is 444 g/mol. The van der Waals surface area contributed by atoms with Crippen LogP contribution in [-0.2, 0) is 10.0 Å². The Hall–Kier alpha value is -1.45. The largest absolute Gasteiger partial charge is 0.351 e. The van der Waals surface area contributed by atoms with Gasteiger partial charge in [0, 0.05) is 16.7 Å². The minimum atomic E-state index is -3.54. The molecule has 7 heteroatoms. The van der Waals surface area contributed by atoms with Crippen LogP contribution in [0.1, 0.15) is 15.9 Å². The lowest BCUT2D eigenvalue weighted by molar-refractivity contribution is 0.0953. The number of halogens is 1. The van der Waals surface area contributed by atoms with Gasteiger partial charge in [0.25, 0.3) is 5.91 Å². The van der Waals surface area contributed by atoms with Crippen molar-refractivity contribution in [2.45, 2.75) is 11.8 Å². The minimum absolute atomic E-state index is 0.130. The highest BCUT2D eigenvalue weighted by molar-refractivity contribution is 14.1. The van der Waals surface area contributed by atoms with Crippen molar-refractivity contribution < 1.29 is 13.2 Å². The van der Waals surface area contributed by atoms with Crippen molar-refractivity contribution in [1.82, 2.24) is 10.0 Å². The normalized spacial score (nSPS) is 11.2. The van der Waals surface area contributed by atoms with E-state index in [1.165, 1.54) is 12.1 Å². The lowest BCUT2D eigenvalue weighted by Gasteiger charge is -2.10. The van der Waals surface area contributed by atoms with Gasteiger partial charge < -0.3 is 5.32 Å². The van der Waals surface area contributed by atoms with Crippen LogP contribution in [0.15, 0.2) is 53.4 Å². The fourth-order valence-electron chi connectivity index (χ4n) is 1.96. The predicted molar refractivity (Wildman–Crippen MR) is 97.9 cm³/mol. The van der Waals surface area contributed by atoms with E-state index in [0.717, 1.165) is 9.13 Å². The molecule has 5 nitrogen and oxygen atoms in total. The first-order valence-corrected chi connectivity index (χ1v) is 9.56. The molecule has 2 aromatic carbocycles. The minimum Gasteiger partial charge on any atom is -0.351 e. The van der Waals surface area contributed by atoms with Gasteiger partial charge in [-0.3, -0.25) is 4.79 Å². The van der Waals surface area contributed by atoms with Crippen molar-refractivity contribution in [3.63, 3.8) is 0 Å². The molecule has 2 rings (SSSR count). The number of rotatable bonds is 6. The molecule has 122 valence electrons. The van der Waals surface area contributed by atoms with Crippen molar-refractivity contribution in [2.24, 2.45) is 0 Å². The Bertz CT molecular complexity index is 792. The quantitative estimate of drug-likeness (QED) is 0.531. The summed E-state index contributed by atoms with van der Waals surface area (Å²) in [6.07, 6.45) is 0. The second kappa shape index (κ2) is 7.89. The smallest absolute Gasteiger partial charge is 0.252 e. The summed E-state index contributed by atoms with van der Waals surface area (Å²) in [6.45, 7) is 2.28. The van der Waals surface area contributed by atoms with Crippen molar-refractivity contribution in [3.05, 3.63) is 63.2 Å². The summed E-state index contributed by atoms with van der Waals surface area (Å²) in [4.78, 5) is 12.3. The zero-order valence-corrected chi connectivity index (χ0v) is 15.5. The van der Waals surface area contributed by atoms with Crippen molar-refractivity contribution in [3.8, 4) is 0 Å². The Morgan fingerprint density at radius 1 is 1.04 bits per heavy atom. The van der Waals surface area contributed by atoms with Crippen LogP contribution in [0.3, 0.4) is 0 Å². The first kappa shape index (κ1) is 17.9. The number of amides is 1. The molecule has 0 radical (unpaired) electrons. The molecule has 0 aliphatic heterocycles. The van der Waals surface area contributed by atoms with Crippen LogP contribution in [0.25, 0.3) is 0 Å². The molecular formula is C16H17IN2O3S. The van der Waals surface area contributed by atoms with Gasteiger partial charge in [-0.05, 0) is 53.3 Å². The standard InChI is InChI=1S/C16H17IN2O3S/c1-12-6-5-9-14(15(12)17)16(20)18-10-11-19-23(21,22)13-7-3-2-4-8-13/h2-9,19H,10-11H2,1H3,(H,18,20). The van der Waals surface area contributed by atoms with Crippen LogP contribution in [0.5, 0.6) is 0 Å². The highest BCUT2D eigenvalue weighted by Crippen LogP contribution is 2.16. The highest BCUT2D eigenvalue weighted by Gasteiger charge is 2.13. The Morgan fingerprint density at radius 2 is 1.74 bits per heavy atom. The van der Waals surface area contributed by atoms with Crippen molar-refractivity contribution >= 4 is 38.5 Å². The number of hydrogen-bond acceptors (Lipinski definition) is 3. The molecule has 0 aromatic heterocycles. The van der Waals surface area contributed by atoms with Crippen LogP contribution in [0.4, 0.5) is 0 Å². The number of carbonyl (C=O) groups excluding carboxylic acids is 1. The van der Waals surface area contributed by atoms with E-state index in [-0.39, 0.29) is 23.9 Å². The summed E-state index contributed by atoms with van der Waals surface area (Å²) in [5.41, 5.74) is 1.62. The molecule has 0 unspecified atom stereocenters. The van der Waals surface area contributed by atoms with E-state index in [2.05, 4.69) is 32.6 Å². The Labute approximate surface area is 149 Å². The molecule has 2 aromatic rings. The Balaban J connectivity index is 1.88. The molecular weight excluding hydrogens is 427 g/mol. The van der Waals surface area contributed by atoms with Crippen molar-refractivity contribution in [1.29, 1.82) is 0 Å². The van der Waals surface area contributed by atoms with E-state index < -0.39 is 10.0 Å². The third-order valence-corrected chi connectivity index (χ3v) is 6.10.